The number of anilines is 1. The average Bonchev–Trinajstić information content (AvgIpc) is 2.41. The molecule has 0 radical (unpaired) electrons. The summed E-state index contributed by atoms with van der Waals surface area (Å²) in [6.45, 7) is 1.95. The van der Waals surface area contributed by atoms with Gasteiger partial charge in [0, 0.05) is 17.7 Å². The number of Topliss-reactive ketones (excluding diaryl/α,β-unsaturated/α-hetero) is 1. The number of rotatable bonds is 4. The minimum absolute atomic E-state index is 0.0226. The van der Waals surface area contributed by atoms with Crippen LogP contribution in [0.1, 0.15) is 21.5 Å². The highest BCUT2D eigenvalue weighted by molar-refractivity contribution is 6.02. The maximum Gasteiger partial charge on any atom is 0.169 e. The molecule has 0 aliphatic carbocycles. The minimum atomic E-state index is 0.0226. The van der Waals surface area contributed by atoms with Crippen LogP contribution in [0.4, 0.5) is 5.69 Å². The molecule has 0 aliphatic heterocycles. The van der Waals surface area contributed by atoms with Gasteiger partial charge in [-0.3, -0.25) is 4.79 Å². The van der Waals surface area contributed by atoms with Gasteiger partial charge in [-0.1, -0.05) is 23.8 Å². The summed E-state index contributed by atoms with van der Waals surface area (Å²) in [6, 6.07) is 13.0. The SMILES string of the molecule is COc1cccc(CC(=O)c2cc(C)ccc2N)c1. The first-order valence-corrected chi connectivity index (χ1v) is 6.12. The lowest BCUT2D eigenvalue weighted by Crippen LogP contribution is -2.07. The maximum atomic E-state index is 12.3. The Hall–Kier alpha value is -2.29. The summed E-state index contributed by atoms with van der Waals surface area (Å²) in [6.07, 6.45) is 0.324. The van der Waals surface area contributed by atoms with Crippen LogP contribution in [-0.4, -0.2) is 12.9 Å². The molecule has 2 N–H and O–H groups in total. The van der Waals surface area contributed by atoms with E-state index in [4.69, 9.17) is 10.5 Å². The minimum Gasteiger partial charge on any atom is -0.497 e. The zero-order chi connectivity index (χ0) is 13.8. The summed E-state index contributed by atoms with van der Waals surface area (Å²) in [5, 5.41) is 0. The zero-order valence-electron chi connectivity index (χ0n) is 11.1. The van der Waals surface area contributed by atoms with Crippen LogP contribution in [0.2, 0.25) is 0 Å². The van der Waals surface area contributed by atoms with Crippen molar-refractivity contribution >= 4 is 11.5 Å². The molecular formula is C16H17NO2. The summed E-state index contributed by atoms with van der Waals surface area (Å²) in [5.74, 6) is 0.775. The number of hydrogen-bond donors (Lipinski definition) is 1. The van der Waals surface area contributed by atoms with Gasteiger partial charge in [-0.2, -0.15) is 0 Å². The predicted molar refractivity (Wildman–Crippen MR) is 76.6 cm³/mol. The average molecular weight is 255 g/mol. The van der Waals surface area contributed by atoms with Crippen molar-refractivity contribution in [2.75, 3.05) is 12.8 Å². The Morgan fingerprint density at radius 2 is 2.00 bits per heavy atom. The van der Waals surface area contributed by atoms with Crippen molar-refractivity contribution in [3.8, 4) is 5.75 Å². The second kappa shape index (κ2) is 5.57. The Morgan fingerprint density at radius 3 is 2.74 bits per heavy atom. The molecule has 3 heteroatoms. The van der Waals surface area contributed by atoms with Crippen LogP contribution in [-0.2, 0) is 6.42 Å². The molecule has 19 heavy (non-hydrogen) atoms. The Kier molecular flexibility index (Phi) is 3.85. The number of aryl methyl sites for hydroxylation is 1. The van der Waals surface area contributed by atoms with Gasteiger partial charge in [-0.05, 0) is 36.8 Å². The number of benzene rings is 2. The van der Waals surface area contributed by atoms with E-state index in [1.807, 2.05) is 43.3 Å². The largest absolute Gasteiger partial charge is 0.497 e. The van der Waals surface area contributed by atoms with Crippen molar-refractivity contribution < 1.29 is 9.53 Å². The van der Waals surface area contributed by atoms with E-state index in [2.05, 4.69) is 0 Å². The first-order chi connectivity index (χ1) is 9.10. The lowest BCUT2D eigenvalue weighted by Gasteiger charge is -2.07. The molecule has 2 rings (SSSR count). The first-order valence-electron chi connectivity index (χ1n) is 6.12. The highest BCUT2D eigenvalue weighted by atomic mass is 16.5. The normalized spacial score (nSPS) is 10.2. The van der Waals surface area contributed by atoms with Crippen molar-refractivity contribution in [2.45, 2.75) is 13.3 Å². The molecule has 98 valence electrons. The highest BCUT2D eigenvalue weighted by Crippen LogP contribution is 2.18. The van der Waals surface area contributed by atoms with E-state index in [0.717, 1.165) is 16.9 Å². The van der Waals surface area contributed by atoms with Crippen LogP contribution in [0.15, 0.2) is 42.5 Å². The van der Waals surface area contributed by atoms with Crippen LogP contribution < -0.4 is 10.5 Å². The fourth-order valence-electron chi connectivity index (χ4n) is 1.97. The number of nitrogen functional groups attached to an aromatic ring is 1. The molecule has 0 spiro atoms. The third-order valence-electron chi connectivity index (χ3n) is 3.01. The van der Waals surface area contributed by atoms with E-state index < -0.39 is 0 Å². The molecular weight excluding hydrogens is 238 g/mol. The smallest absolute Gasteiger partial charge is 0.169 e. The number of methoxy groups -OCH3 is 1. The molecule has 0 unspecified atom stereocenters. The van der Waals surface area contributed by atoms with Crippen LogP contribution in [0, 0.1) is 6.92 Å². The molecule has 0 aromatic heterocycles. The van der Waals surface area contributed by atoms with Gasteiger partial charge < -0.3 is 10.5 Å². The highest BCUT2D eigenvalue weighted by Gasteiger charge is 2.11. The van der Waals surface area contributed by atoms with Crippen LogP contribution >= 0.6 is 0 Å². The summed E-state index contributed by atoms with van der Waals surface area (Å²) >= 11 is 0. The Balaban J connectivity index is 2.23. The van der Waals surface area contributed by atoms with E-state index in [1.165, 1.54) is 0 Å². The van der Waals surface area contributed by atoms with Crippen LogP contribution in [0.3, 0.4) is 0 Å². The van der Waals surface area contributed by atoms with E-state index >= 15 is 0 Å². The van der Waals surface area contributed by atoms with Gasteiger partial charge >= 0.3 is 0 Å². The lowest BCUT2D eigenvalue weighted by molar-refractivity contribution is 0.0993. The topological polar surface area (TPSA) is 52.3 Å². The van der Waals surface area contributed by atoms with Crippen molar-refractivity contribution in [2.24, 2.45) is 0 Å². The fraction of sp³-hybridized carbons (Fsp3) is 0.188. The third kappa shape index (κ3) is 3.13. The molecule has 0 saturated carbocycles. The molecule has 0 saturated heterocycles. The molecule has 3 nitrogen and oxygen atoms in total. The molecule has 0 heterocycles. The summed E-state index contributed by atoms with van der Waals surface area (Å²) in [7, 11) is 1.61. The molecule has 0 fully saturated rings. The van der Waals surface area contributed by atoms with E-state index in [9.17, 15) is 4.79 Å². The van der Waals surface area contributed by atoms with E-state index in [-0.39, 0.29) is 5.78 Å². The summed E-state index contributed by atoms with van der Waals surface area (Å²) < 4.78 is 5.15. The number of hydrogen-bond acceptors (Lipinski definition) is 3. The number of ketones is 1. The second-order valence-corrected chi connectivity index (χ2v) is 4.54. The third-order valence-corrected chi connectivity index (χ3v) is 3.01. The standard InChI is InChI=1S/C16H17NO2/c1-11-6-7-15(17)14(8-11)16(18)10-12-4-3-5-13(9-12)19-2/h3-9H,10,17H2,1-2H3. The van der Waals surface area contributed by atoms with E-state index in [0.29, 0.717) is 17.7 Å². The zero-order valence-corrected chi connectivity index (χ0v) is 11.1. The van der Waals surface area contributed by atoms with Crippen LogP contribution in [0.5, 0.6) is 5.75 Å². The van der Waals surface area contributed by atoms with Crippen LogP contribution in [0.25, 0.3) is 0 Å². The molecule has 0 amide bonds. The van der Waals surface area contributed by atoms with Gasteiger partial charge in [0.2, 0.25) is 0 Å². The molecule has 0 bridgehead atoms. The Labute approximate surface area is 113 Å². The summed E-state index contributed by atoms with van der Waals surface area (Å²) in [4.78, 5) is 12.3. The van der Waals surface area contributed by atoms with E-state index in [1.54, 1.807) is 13.2 Å². The van der Waals surface area contributed by atoms with Gasteiger partial charge in [-0.15, -0.1) is 0 Å². The maximum absolute atomic E-state index is 12.3. The van der Waals surface area contributed by atoms with Gasteiger partial charge in [0.25, 0.3) is 0 Å². The number of carbonyl (C=O) groups excluding carboxylic acids is 1. The quantitative estimate of drug-likeness (QED) is 0.675. The van der Waals surface area contributed by atoms with Crippen molar-refractivity contribution in [1.82, 2.24) is 0 Å². The molecule has 2 aromatic carbocycles. The predicted octanol–water partition coefficient (Wildman–Crippen LogP) is 3.01. The second-order valence-electron chi connectivity index (χ2n) is 4.54. The lowest BCUT2D eigenvalue weighted by atomic mass is 10.00. The van der Waals surface area contributed by atoms with Gasteiger partial charge in [0.1, 0.15) is 5.75 Å². The molecule has 0 aliphatic rings. The summed E-state index contributed by atoms with van der Waals surface area (Å²) in [5.41, 5.74) is 8.92. The van der Waals surface area contributed by atoms with Crippen molar-refractivity contribution in [1.29, 1.82) is 0 Å². The van der Waals surface area contributed by atoms with Gasteiger partial charge in [0.05, 0.1) is 7.11 Å². The fourth-order valence-corrected chi connectivity index (χ4v) is 1.97. The molecule has 2 aromatic rings. The monoisotopic (exact) mass is 255 g/mol. The number of ether oxygens (including phenoxy) is 1. The Morgan fingerprint density at radius 1 is 1.21 bits per heavy atom. The first kappa shape index (κ1) is 13.1. The Bertz CT molecular complexity index is 605. The number of carbonyl (C=O) groups is 1. The van der Waals surface area contributed by atoms with Crippen molar-refractivity contribution in [3.05, 3.63) is 59.2 Å². The molecule has 0 atom stereocenters. The van der Waals surface area contributed by atoms with Gasteiger partial charge in [0.15, 0.2) is 5.78 Å². The van der Waals surface area contributed by atoms with Crippen molar-refractivity contribution in [3.63, 3.8) is 0 Å². The van der Waals surface area contributed by atoms with Gasteiger partial charge in [-0.25, -0.2) is 0 Å². The number of nitrogens with two attached hydrogens (primary N) is 1.